The molecule has 0 amide bonds. The zero-order valence-electron chi connectivity index (χ0n) is 16.8. The van der Waals surface area contributed by atoms with Crippen LogP contribution in [0.2, 0.25) is 0 Å². The number of benzene rings is 1. The molecule has 1 aromatic carbocycles. The van der Waals surface area contributed by atoms with Crippen LogP contribution in [-0.2, 0) is 22.3 Å². The molecule has 0 bridgehead atoms. The molecule has 0 fully saturated rings. The van der Waals surface area contributed by atoms with Crippen molar-refractivity contribution < 1.29 is 23.8 Å². The van der Waals surface area contributed by atoms with Gasteiger partial charge >= 0.3 is 5.97 Å². The fraction of sp³-hybridized carbons (Fsp3) is 0.286. The molecular weight excluding hydrogens is 408 g/mol. The minimum absolute atomic E-state index is 0.0159. The summed E-state index contributed by atoms with van der Waals surface area (Å²) in [5.74, 6) is -0.261. The number of aryl methyl sites for hydroxylation is 1. The number of hydrogen-bond donors (Lipinski definition) is 1. The Kier molecular flexibility index (Phi) is 6.83. The average molecular weight is 430 g/mol. The third kappa shape index (κ3) is 5.04. The van der Waals surface area contributed by atoms with Crippen molar-refractivity contribution in [1.29, 1.82) is 0 Å². The number of hydrogen-bond acceptors (Lipinski definition) is 8. The number of rotatable bonds is 8. The minimum Gasteiger partial charge on any atom is -0.502 e. The monoisotopic (exact) mass is 430 g/mol. The second-order valence-electron chi connectivity index (χ2n) is 6.54. The summed E-state index contributed by atoms with van der Waals surface area (Å²) >= 11 is 1.45. The number of carbonyl (C=O) groups excluding carboxylic acids is 1. The van der Waals surface area contributed by atoms with Crippen LogP contribution in [-0.4, -0.2) is 35.1 Å². The van der Waals surface area contributed by atoms with E-state index in [0.717, 1.165) is 10.6 Å². The zero-order chi connectivity index (χ0) is 21.7. The zero-order valence-corrected chi connectivity index (χ0v) is 17.6. The molecule has 0 spiro atoms. The van der Waals surface area contributed by atoms with Crippen LogP contribution >= 0.6 is 11.8 Å². The molecule has 1 N–H and O–H groups in total. The van der Waals surface area contributed by atoms with Gasteiger partial charge in [-0.3, -0.25) is 14.3 Å². The van der Waals surface area contributed by atoms with E-state index < -0.39 is 23.1 Å². The first kappa shape index (κ1) is 21.5. The molecular formula is C21H22N2O6S. The summed E-state index contributed by atoms with van der Waals surface area (Å²) < 4.78 is 17.5. The number of aromatic nitrogens is 2. The van der Waals surface area contributed by atoms with Crippen LogP contribution in [0.15, 0.2) is 56.8 Å². The van der Waals surface area contributed by atoms with Crippen molar-refractivity contribution in [3.05, 3.63) is 70.0 Å². The van der Waals surface area contributed by atoms with E-state index in [4.69, 9.17) is 13.9 Å². The van der Waals surface area contributed by atoms with Gasteiger partial charge in [-0.25, -0.2) is 0 Å². The molecule has 2 heterocycles. The first-order chi connectivity index (χ1) is 14.4. The van der Waals surface area contributed by atoms with Crippen LogP contribution in [0.4, 0.5) is 0 Å². The first-order valence-corrected chi connectivity index (χ1v) is 10.1. The van der Waals surface area contributed by atoms with Gasteiger partial charge in [-0.2, -0.15) is 5.10 Å². The Morgan fingerprint density at radius 2 is 2.13 bits per heavy atom. The molecule has 1 atom stereocenters. The molecule has 2 aromatic heterocycles. The van der Waals surface area contributed by atoms with Crippen LogP contribution in [0.1, 0.15) is 29.4 Å². The van der Waals surface area contributed by atoms with Crippen LogP contribution in [0.3, 0.4) is 0 Å². The average Bonchev–Trinajstić information content (AvgIpc) is 3.18. The third-order valence-corrected chi connectivity index (χ3v) is 5.48. The Hall–Kier alpha value is -3.20. The van der Waals surface area contributed by atoms with Gasteiger partial charge in [0.1, 0.15) is 11.5 Å². The number of aromatic hydroxyl groups is 1. The van der Waals surface area contributed by atoms with E-state index in [9.17, 15) is 14.7 Å². The summed E-state index contributed by atoms with van der Waals surface area (Å²) in [6.45, 7) is 0. The molecule has 0 unspecified atom stereocenters. The highest BCUT2D eigenvalue weighted by atomic mass is 32.2. The number of carbonyl (C=O) groups is 1. The van der Waals surface area contributed by atoms with Gasteiger partial charge in [-0.05, 0) is 18.2 Å². The molecule has 0 aliphatic rings. The van der Waals surface area contributed by atoms with E-state index in [2.05, 4.69) is 5.10 Å². The summed E-state index contributed by atoms with van der Waals surface area (Å²) in [6, 6.07) is 8.76. The predicted molar refractivity (Wildman–Crippen MR) is 111 cm³/mol. The molecule has 0 saturated carbocycles. The van der Waals surface area contributed by atoms with Crippen LogP contribution in [0.25, 0.3) is 0 Å². The lowest BCUT2D eigenvalue weighted by molar-refractivity contribution is -0.140. The Labute approximate surface area is 177 Å². The van der Waals surface area contributed by atoms with Crippen molar-refractivity contribution in [2.45, 2.75) is 23.0 Å². The van der Waals surface area contributed by atoms with Crippen molar-refractivity contribution in [3.63, 3.8) is 0 Å². The van der Waals surface area contributed by atoms with E-state index in [0.29, 0.717) is 17.1 Å². The number of thioether (sulfide) groups is 1. The molecule has 9 heteroatoms. The highest BCUT2D eigenvalue weighted by molar-refractivity contribution is 7.98. The van der Waals surface area contributed by atoms with E-state index in [1.54, 1.807) is 31.2 Å². The van der Waals surface area contributed by atoms with Gasteiger partial charge in [0.05, 0.1) is 38.5 Å². The lowest BCUT2D eigenvalue weighted by atomic mass is 9.95. The van der Waals surface area contributed by atoms with Gasteiger partial charge in [0, 0.05) is 29.8 Å². The van der Waals surface area contributed by atoms with Crippen molar-refractivity contribution in [2.75, 3.05) is 14.2 Å². The van der Waals surface area contributed by atoms with Gasteiger partial charge in [0.15, 0.2) is 5.76 Å². The van der Waals surface area contributed by atoms with Crippen molar-refractivity contribution in [3.8, 4) is 11.5 Å². The Balaban J connectivity index is 1.93. The van der Waals surface area contributed by atoms with Gasteiger partial charge < -0.3 is 19.0 Å². The van der Waals surface area contributed by atoms with E-state index in [-0.39, 0.29) is 12.2 Å². The Morgan fingerprint density at radius 1 is 1.33 bits per heavy atom. The molecule has 3 aromatic rings. The predicted octanol–water partition coefficient (Wildman–Crippen LogP) is 3.07. The molecule has 0 aliphatic carbocycles. The first-order valence-electron chi connectivity index (χ1n) is 9.09. The van der Waals surface area contributed by atoms with E-state index in [1.807, 2.05) is 24.3 Å². The van der Waals surface area contributed by atoms with Gasteiger partial charge in [-0.1, -0.05) is 6.07 Å². The molecule has 0 saturated heterocycles. The number of ether oxygens (including phenoxy) is 2. The maximum absolute atomic E-state index is 12.4. The molecule has 0 radical (unpaired) electrons. The second kappa shape index (κ2) is 9.53. The van der Waals surface area contributed by atoms with E-state index >= 15 is 0 Å². The third-order valence-electron chi connectivity index (χ3n) is 4.46. The lowest BCUT2D eigenvalue weighted by Gasteiger charge is -2.15. The number of nitrogens with zero attached hydrogens (tertiary/aromatic N) is 2. The molecule has 3 rings (SSSR count). The van der Waals surface area contributed by atoms with Crippen LogP contribution in [0, 0.1) is 0 Å². The molecule has 8 nitrogen and oxygen atoms in total. The Morgan fingerprint density at radius 3 is 2.80 bits per heavy atom. The fourth-order valence-electron chi connectivity index (χ4n) is 2.94. The second-order valence-corrected chi connectivity index (χ2v) is 7.59. The van der Waals surface area contributed by atoms with Crippen LogP contribution < -0.4 is 10.2 Å². The Bertz CT molecular complexity index is 1090. The normalized spacial score (nSPS) is 11.8. The molecule has 30 heavy (non-hydrogen) atoms. The summed E-state index contributed by atoms with van der Waals surface area (Å²) in [7, 11) is 4.60. The van der Waals surface area contributed by atoms with Crippen molar-refractivity contribution in [2.24, 2.45) is 7.05 Å². The van der Waals surface area contributed by atoms with Gasteiger partial charge in [-0.15, -0.1) is 11.8 Å². The van der Waals surface area contributed by atoms with Crippen LogP contribution in [0.5, 0.6) is 11.5 Å². The maximum atomic E-state index is 12.4. The quantitative estimate of drug-likeness (QED) is 0.430. The maximum Gasteiger partial charge on any atom is 0.306 e. The smallest absolute Gasteiger partial charge is 0.306 e. The van der Waals surface area contributed by atoms with Crippen molar-refractivity contribution in [1.82, 2.24) is 9.78 Å². The number of methoxy groups -OCH3 is 2. The van der Waals surface area contributed by atoms with Crippen molar-refractivity contribution >= 4 is 17.7 Å². The summed E-state index contributed by atoms with van der Waals surface area (Å²) in [4.78, 5) is 25.3. The van der Waals surface area contributed by atoms with Gasteiger partial charge in [0.25, 0.3) is 0 Å². The fourth-order valence-corrected chi connectivity index (χ4v) is 3.77. The largest absolute Gasteiger partial charge is 0.502 e. The van der Waals surface area contributed by atoms with Gasteiger partial charge in [0.2, 0.25) is 11.2 Å². The summed E-state index contributed by atoms with van der Waals surface area (Å²) in [5.41, 5.74) is 0.0511. The topological polar surface area (TPSA) is 104 Å². The molecule has 158 valence electrons. The number of esters is 1. The SMILES string of the molecule is COC(=O)C[C@@H](c1cnn(C)c1)c1oc(CSc2cccc(OC)c2)cc(=O)c1O. The summed E-state index contributed by atoms with van der Waals surface area (Å²) in [6.07, 6.45) is 3.15. The highest BCUT2D eigenvalue weighted by Gasteiger charge is 2.27. The molecule has 0 aliphatic heterocycles. The standard InChI is InChI=1S/C21H22N2O6S/c1-23-11-13(10-22-23)17(9-19(25)28-3)21-20(26)18(24)8-15(29-21)12-30-16-6-4-5-14(7-16)27-2/h4-8,10-11,17,26H,9,12H2,1-3H3/t17-/m0/s1. The minimum atomic E-state index is -0.708. The lowest BCUT2D eigenvalue weighted by Crippen LogP contribution is -2.13. The highest BCUT2D eigenvalue weighted by Crippen LogP contribution is 2.34. The summed E-state index contributed by atoms with van der Waals surface area (Å²) in [5, 5.41) is 14.5. The van der Waals surface area contributed by atoms with E-state index in [1.165, 1.54) is 24.9 Å².